The van der Waals surface area contributed by atoms with Crippen molar-refractivity contribution < 1.29 is 14.0 Å². The Bertz CT molecular complexity index is 907. The molecule has 1 aromatic heterocycles. The number of pyridine rings is 1. The lowest BCUT2D eigenvalue weighted by molar-refractivity contribution is -0.136. The summed E-state index contributed by atoms with van der Waals surface area (Å²) in [7, 11) is 0. The molecular weight excluding hydrogens is 345 g/mol. The minimum absolute atomic E-state index is 0.380. The Morgan fingerprint density at radius 2 is 1.70 bits per heavy atom. The Balaban J connectivity index is 1.79. The van der Waals surface area contributed by atoms with Crippen molar-refractivity contribution in [1.82, 2.24) is 10.3 Å². The number of halogens is 1. The van der Waals surface area contributed by atoms with E-state index in [1.807, 2.05) is 36.4 Å². The number of benzene rings is 2. The molecule has 1 atom stereocenters. The van der Waals surface area contributed by atoms with Gasteiger partial charge in [-0.3, -0.25) is 14.6 Å². The van der Waals surface area contributed by atoms with Gasteiger partial charge in [-0.05, 0) is 48.4 Å². The molecule has 2 aromatic carbocycles. The molecule has 2 amide bonds. The Kier molecular flexibility index (Phi) is 5.56. The summed E-state index contributed by atoms with van der Waals surface area (Å²) in [6, 6.07) is 18.0. The van der Waals surface area contributed by atoms with E-state index in [0.717, 1.165) is 5.56 Å². The number of carbonyl (C=O) groups is 2. The molecule has 3 rings (SSSR count). The number of rotatable bonds is 4. The number of hydrogen-bond acceptors (Lipinski definition) is 3. The molecule has 0 bridgehead atoms. The quantitative estimate of drug-likeness (QED) is 0.698. The van der Waals surface area contributed by atoms with Gasteiger partial charge in [-0.1, -0.05) is 36.4 Å². The molecule has 0 saturated carbocycles. The molecule has 5 nitrogen and oxygen atoms in total. The summed E-state index contributed by atoms with van der Waals surface area (Å²) in [4.78, 5) is 29.1. The molecule has 0 radical (unpaired) electrons. The summed E-state index contributed by atoms with van der Waals surface area (Å²) < 4.78 is 13.2. The zero-order valence-electron chi connectivity index (χ0n) is 14.6. The van der Waals surface area contributed by atoms with E-state index < -0.39 is 23.7 Å². The lowest BCUT2D eigenvalue weighted by Crippen LogP contribution is -2.38. The maximum absolute atomic E-state index is 13.2. The standard InChI is InChI=1S/C21H18FN3O2/c1-14-13-16(22)10-11-17(14)24-20(26)21(27)25-19(15-7-3-2-4-8-15)18-9-5-6-12-23-18/h2-13,19H,1H3,(H,24,26)(H,25,27)/t19-/m0/s1. The molecule has 1 heterocycles. The van der Waals surface area contributed by atoms with Gasteiger partial charge in [-0.15, -0.1) is 0 Å². The second kappa shape index (κ2) is 8.23. The highest BCUT2D eigenvalue weighted by atomic mass is 19.1. The van der Waals surface area contributed by atoms with Crippen molar-refractivity contribution in [3.63, 3.8) is 0 Å². The molecule has 0 aliphatic heterocycles. The van der Waals surface area contributed by atoms with E-state index in [1.54, 1.807) is 25.3 Å². The molecule has 27 heavy (non-hydrogen) atoms. The van der Waals surface area contributed by atoms with Crippen LogP contribution in [0.2, 0.25) is 0 Å². The van der Waals surface area contributed by atoms with Crippen LogP contribution in [0.15, 0.2) is 72.9 Å². The summed E-state index contributed by atoms with van der Waals surface area (Å²) in [5.41, 5.74) is 2.32. The van der Waals surface area contributed by atoms with Crippen LogP contribution in [0, 0.1) is 12.7 Å². The first-order valence-corrected chi connectivity index (χ1v) is 8.38. The van der Waals surface area contributed by atoms with E-state index in [2.05, 4.69) is 15.6 Å². The fraction of sp³-hybridized carbons (Fsp3) is 0.0952. The van der Waals surface area contributed by atoms with Crippen LogP contribution in [0.4, 0.5) is 10.1 Å². The van der Waals surface area contributed by atoms with Gasteiger partial charge in [0.25, 0.3) is 0 Å². The third-order valence-electron chi connectivity index (χ3n) is 4.03. The van der Waals surface area contributed by atoms with E-state index in [0.29, 0.717) is 16.9 Å². The predicted octanol–water partition coefficient (Wildman–Crippen LogP) is 3.37. The third-order valence-corrected chi connectivity index (χ3v) is 4.03. The highest BCUT2D eigenvalue weighted by Gasteiger charge is 2.22. The van der Waals surface area contributed by atoms with Gasteiger partial charge >= 0.3 is 11.8 Å². The van der Waals surface area contributed by atoms with E-state index in [4.69, 9.17) is 0 Å². The number of aromatic nitrogens is 1. The zero-order chi connectivity index (χ0) is 19.2. The second-order valence-corrected chi connectivity index (χ2v) is 5.99. The molecule has 0 spiro atoms. The maximum atomic E-state index is 13.2. The number of nitrogens with zero attached hydrogens (tertiary/aromatic N) is 1. The Morgan fingerprint density at radius 3 is 2.37 bits per heavy atom. The maximum Gasteiger partial charge on any atom is 0.313 e. The van der Waals surface area contributed by atoms with Crippen molar-refractivity contribution in [2.75, 3.05) is 5.32 Å². The highest BCUT2D eigenvalue weighted by molar-refractivity contribution is 6.39. The third kappa shape index (κ3) is 4.55. The second-order valence-electron chi connectivity index (χ2n) is 5.99. The predicted molar refractivity (Wildman–Crippen MR) is 100 cm³/mol. The van der Waals surface area contributed by atoms with Crippen LogP contribution >= 0.6 is 0 Å². The van der Waals surface area contributed by atoms with E-state index >= 15 is 0 Å². The fourth-order valence-electron chi connectivity index (χ4n) is 2.66. The van der Waals surface area contributed by atoms with Crippen LogP contribution in [0.1, 0.15) is 22.9 Å². The average molecular weight is 363 g/mol. The Hall–Kier alpha value is -3.54. The summed E-state index contributed by atoms with van der Waals surface area (Å²) in [6.45, 7) is 1.65. The van der Waals surface area contributed by atoms with Crippen molar-refractivity contribution in [1.29, 1.82) is 0 Å². The summed E-state index contributed by atoms with van der Waals surface area (Å²) in [6.07, 6.45) is 1.62. The number of aryl methyl sites for hydroxylation is 1. The van der Waals surface area contributed by atoms with Gasteiger partial charge in [0, 0.05) is 11.9 Å². The average Bonchev–Trinajstić information content (AvgIpc) is 2.69. The first kappa shape index (κ1) is 18.3. The minimum Gasteiger partial charge on any atom is -0.335 e. The zero-order valence-corrected chi connectivity index (χ0v) is 14.6. The van der Waals surface area contributed by atoms with Gasteiger partial charge in [-0.25, -0.2) is 4.39 Å². The molecule has 6 heteroatoms. The lowest BCUT2D eigenvalue weighted by atomic mass is 10.0. The van der Waals surface area contributed by atoms with Crippen molar-refractivity contribution in [3.8, 4) is 0 Å². The molecule has 0 aliphatic rings. The van der Waals surface area contributed by atoms with Crippen LogP contribution in [0.3, 0.4) is 0 Å². The van der Waals surface area contributed by atoms with Gasteiger partial charge in [-0.2, -0.15) is 0 Å². The van der Waals surface area contributed by atoms with Crippen LogP contribution in [-0.2, 0) is 9.59 Å². The first-order chi connectivity index (χ1) is 13.0. The van der Waals surface area contributed by atoms with Gasteiger partial charge < -0.3 is 10.6 Å². The van der Waals surface area contributed by atoms with Gasteiger partial charge in [0.15, 0.2) is 0 Å². The molecule has 2 N–H and O–H groups in total. The summed E-state index contributed by atoms with van der Waals surface area (Å²) in [5.74, 6) is -2.05. The topological polar surface area (TPSA) is 71.1 Å². The number of carbonyl (C=O) groups excluding carboxylic acids is 2. The first-order valence-electron chi connectivity index (χ1n) is 8.38. The molecule has 136 valence electrons. The van der Waals surface area contributed by atoms with E-state index in [9.17, 15) is 14.0 Å². The number of amides is 2. The normalized spacial score (nSPS) is 11.5. The number of anilines is 1. The highest BCUT2D eigenvalue weighted by Crippen LogP contribution is 2.20. The fourth-order valence-corrected chi connectivity index (χ4v) is 2.66. The van der Waals surface area contributed by atoms with E-state index in [1.165, 1.54) is 18.2 Å². The van der Waals surface area contributed by atoms with Gasteiger partial charge in [0.2, 0.25) is 0 Å². The van der Waals surface area contributed by atoms with Crippen molar-refractivity contribution >= 4 is 17.5 Å². The molecular formula is C21H18FN3O2. The number of nitrogens with one attached hydrogen (secondary N) is 2. The summed E-state index contributed by atoms with van der Waals surface area (Å²) >= 11 is 0. The van der Waals surface area contributed by atoms with Crippen LogP contribution in [-0.4, -0.2) is 16.8 Å². The molecule has 0 aliphatic carbocycles. The van der Waals surface area contributed by atoms with Crippen LogP contribution < -0.4 is 10.6 Å². The molecule has 0 saturated heterocycles. The van der Waals surface area contributed by atoms with Crippen molar-refractivity contribution in [3.05, 3.63) is 95.6 Å². The smallest absolute Gasteiger partial charge is 0.313 e. The van der Waals surface area contributed by atoms with Crippen LogP contribution in [0.5, 0.6) is 0 Å². The van der Waals surface area contributed by atoms with Crippen molar-refractivity contribution in [2.24, 2.45) is 0 Å². The largest absolute Gasteiger partial charge is 0.335 e. The van der Waals surface area contributed by atoms with Crippen molar-refractivity contribution in [2.45, 2.75) is 13.0 Å². The SMILES string of the molecule is Cc1cc(F)ccc1NC(=O)C(=O)N[C@@H](c1ccccc1)c1ccccn1. The summed E-state index contributed by atoms with van der Waals surface area (Å²) in [5, 5.41) is 5.22. The monoisotopic (exact) mass is 363 g/mol. The molecule has 3 aromatic rings. The molecule has 0 unspecified atom stereocenters. The minimum atomic E-state index is -0.832. The Labute approximate surface area is 156 Å². The Morgan fingerprint density at radius 1 is 0.963 bits per heavy atom. The van der Waals surface area contributed by atoms with Gasteiger partial charge in [0.1, 0.15) is 5.82 Å². The van der Waals surface area contributed by atoms with E-state index in [-0.39, 0.29) is 0 Å². The van der Waals surface area contributed by atoms with Gasteiger partial charge in [0.05, 0.1) is 11.7 Å². The number of hydrogen-bond donors (Lipinski definition) is 2. The van der Waals surface area contributed by atoms with Crippen LogP contribution in [0.25, 0.3) is 0 Å². The molecule has 0 fully saturated rings. The lowest BCUT2D eigenvalue weighted by Gasteiger charge is -2.18.